The molecule has 0 saturated heterocycles. The first kappa shape index (κ1) is 25.5. The molecule has 0 bridgehead atoms. The van der Waals surface area contributed by atoms with Gasteiger partial charge in [-0.3, -0.25) is 9.11 Å². The molecule has 0 unspecified atom stereocenters. The number of phenols is 1. The van der Waals surface area contributed by atoms with Crippen molar-refractivity contribution in [2.45, 2.75) is 9.79 Å². The highest BCUT2D eigenvalue weighted by molar-refractivity contribution is 7.91. The van der Waals surface area contributed by atoms with Gasteiger partial charge in [-0.05, 0) is 41.8 Å². The summed E-state index contributed by atoms with van der Waals surface area (Å²) in [5.74, 6) is -1.22. The van der Waals surface area contributed by atoms with Gasteiger partial charge in [-0.2, -0.15) is 21.9 Å². The van der Waals surface area contributed by atoms with Crippen molar-refractivity contribution < 1.29 is 43.6 Å². The Morgan fingerprint density at radius 3 is 2.09 bits per heavy atom. The maximum Gasteiger partial charge on any atom is 0.397 e. The van der Waals surface area contributed by atoms with Crippen LogP contribution in [0.15, 0.2) is 68.6 Å². The SMILES string of the molecule is Nc1ccc2cc(S(=O)(=O)O)cc(O)c2c1N=Nc1ccc(S(=O)(=O)CCOS(=O)(=O)O)cc1. The molecule has 0 aliphatic carbocycles. The lowest BCUT2D eigenvalue weighted by Crippen LogP contribution is -2.15. The minimum atomic E-state index is -4.76. The quantitative estimate of drug-likeness (QED) is 0.187. The van der Waals surface area contributed by atoms with Gasteiger partial charge in [-0.15, -0.1) is 5.11 Å². The minimum absolute atomic E-state index is 0.0101. The van der Waals surface area contributed by atoms with E-state index >= 15 is 0 Å². The van der Waals surface area contributed by atoms with Gasteiger partial charge in [0.2, 0.25) is 0 Å². The number of anilines is 1. The summed E-state index contributed by atoms with van der Waals surface area (Å²) in [5.41, 5.74) is 6.22. The summed E-state index contributed by atoms with van der Waals surface area (Å²) >= 11 is 0. The third-order valence-electron chi connectivity index (χ3n) is 4.42. The second kappa shape index (κ2) is 9.24. The standard InChI is InChI=1S/C18H17N3O10S3/c19-15-6-1-11-9-14(33(25,26)27)10-16(22)17(11)18(15)21-20-12-2-4-13(5-3-12)32(23,24)8-7-31-34(28,29)30/h1-6,9-10,22H,7-8,19H2,(H,25,26,27)(H,28,29,30). The fourth-order valence-electron chi connectivity index (χ4n) is 2.87. The molecule has 16 heteroatoms. The molecule has 0 fully saturated rings. The molecule has 0 spiro atoms. The lowest BCUT2D eigenvalue weighted by atomic mass is 10.1. The zero-order valence-electron chi connectivity index (χ0n) is 16.9. The number of nitrogens with zero attached hydrogens (tertiary/aromatic N) is 2. The van der Waals surface area contributed by atoms with Crippen LogP contribution in [0.1, 0.15) is 0 Å². The molecule has 0 aliphatic rings. The predicted molar refractivity (Wildman–Crippen MR) is 120 cm³/mol. The largest absolute Gasteiger partial charge is 0.507 e. The number of nitrogens with two attached hydrogens (primary N) is 1. The highest BCUT2D eigenvalue weighted by Crippen LogP contribution is 2.40. The van der Waals surface area contributed by atoms with Crippen molar-refractivity contribution in [2.24, 2.45) is 10.2 Å². The van der Waals surface area contributed by atoms with Crippen LogP contribution in [0.4, 0.5) is 17.1 Å². The normalized spacial score (nSPS) is 13.0. The Labute approximate surface area is 194 Å². The highest BCUT2D eigenvalue weighted by Gasteiger charge is 2.18. The fourth-order valence-corrected chi connectivity index (χ4v) is 4.89. The lowest BCUT2D eigenvalue weighted by molar-refractivity contribution is 0.284. The first-order valence-electron chi connectivity index (χ1n) is 9.06. The van der Waals surface area contributed by atoms with E-state index in [9.17, 15) is 34.9 Å². The van der Waals surface area contributed by atoms with Crippen molar-refractivity contribution in [3.05, 3.63) is 48.5 Å². The van der Waals surface area contributed by atoms with Gasteiger partial charge < -0.3 is 10.8 Å². The Balaban J connectivity index is 1.90. The monoisotopic (exact) mass is 531 g/mol. The maximum absolute atomic E-state index is 12.2. The molecule has 0 amide bonds. The summed E-state index contributed by atoms with van der Waals surface area (Å²) in [6.45, 7) is -0.772. The number of sulfone groups is 1. The summed E-state index contributed by atoms with van der Waals surface area (Å²) in [6, 6.07) is 9.77. The molecular weight excluding hydrogens is 514 g/mol. The van der Waals surface area contributed by atoms with E-state index in [1.54, 1.807) is 0 Å². The molecule has 5 N–H and O–H groups in total. The molecule has 182 valence electrons. The number of benzene rings is 3. The number of nitrogen functional groups attached to an aromatic ring is 1. The topological polar surface area (TPSA) is 223 Å². The van der Waals surface area contributed by atoms with E-state index in [0.29, 0.717) is 0 Å². The predicted octanol–water partition coefficient (Wildman–Crippen LogP) is 2.38. The van der Waals surface area contributed by atoms with Crippen LogP contribution in [-0.4, -0.2) is 51.8 Å². The molecule has 0 aromatic heterocycles. The zero-order chi connectivity index (χ0) is 25.3. The molecule has 0 atom stereocenters. The Hall–Kier alpha value is -3.15. The molecule has 0 aliphatic heterocycles. The molecule has 3 aromatic rings. The van der Waals surface area contributed by atoms with Gasteiger partial charge in [0.15, 0.2) is 9.84 Å². The first-order valence-corrected chi connectivity index (χ1v) is 13.5. The molecule has 34 heavy (non-hydrogen) atoms. The van der Waals surface area contributed by atoms with E-state index in [-0.39, 0.29) is 32.7 Å². The smallest absolute Gasteiger partial charge is 0.397 e. The van der Waals surface area contributed by atoms with Crippen LogP contribution in [0.2, 0.25) is 0 Å². The number of hydrogen-bond donors (Lipinski definition) is 4. The fraction of sp³-hybridized carbons (Fsp3) is 0.111. The van der Waals surface area contributed by atoms with Crippen LogP contribution in [-0.2, 0) is 34.5 Å². The van der Waals surface area contributed by atoms with Crippen molar-refractivity contribution in [3.63, 3.8) is 0 Å². The van der Waals surface area contributed by atoms with Gasteiger partial charge >= 0.3 is 10.4 Å². The Morgan fingerprint density at radius 2 is 1.50 bits per heavy atom. The van der Waals surface area contributed by atoms with Gasteiger partial charge in [0.25, 0.3) is 10.1 Å². The van der Waals surface area contributed by atoms with Crippen LogP contribution >= 0.6 is 0 Å². The summed E-state index contributed by atoms with van der Waals surface area (Å²) < 4.78 is 90.0. The van der Waals surface area contributed by atoms with E-state index in [4.69, 9.17) is 10.3 Å². The maximum atomic E-state index is 12.2. The molecule has 0 heterocycles. The van der Waals surface area contributed by atoms with Gasteiger partial charge in [-0.1, -0.05) is 6.07 Å². The van der Waals surface area contributed by atoms with Gasteiger partial charge in [-0.25, -0.2) is 12.6 Å². The molecule has 0 saturated carbocycles. The summed E-state index contributed by atoms with van der Waals surface area (Å²) in [4.78, 5) is -0.686. The van der Waals surface area contributed by atoms with E-state index in [2.05, 4.69) is 14.4 Å². The van der Waals surface area contributed by atoms with Crippen LogP contribution in [0, 0.1) is 0 Å². The molecular formula is C18H17N3O10S3. The van der Waals surface area contributed by atoms with Crippen molar-refractivity contribution >= 4 is 58.2 Å². The third-order valence-corrected chi connectivity index (χ3v) is 7.41. The number of aromatic hydroxyl groups is 1. The van der Waals surface area contributed by atoms with Crippen molar-refractivity contribution in [3.8, 4) is 5.75 Å². The Kier molecular flexibility index (Phi) is 6.92. The average Bonchev–Trinajstić information content (AvgIpc) is 2.71. The van der Waals surface area contributed by atoms with Crippen molar-refractivity contribution in [1.82, 2.24) is 0 Å². The van der Waals surface area contributed by atoms with E-state index in [1.165, 1.54) is 36.4 Å². The lowest BCUT2D eigenvalue weighted by Gasteiger charge is -2.09. The van der Waals surface area contributed by atoms with Crippen LogP contribution in [0.5, 0.6) is 5.75 Å². The molecule has 3 aromatic carbocycles. The van der Waals surface area contributed by atoms with Crippen molar-refractivity contribution in [1.29, 1.82) is 0 Å². The van der Waals surface area contributed by atoms with Crippen LogP contribution in [0.3, 0.4) is 0 Å². The second-order valence-electron chi connectivity index (χ2n) is 6.78. The average molecular weight is 532 g/mol. The van der Waals surface area contributed by atoms with Gasteiger partial charge in [0.05, 0.1) is 38.9 Å². The molecule has 3 rings (SSSR count). The summed E-state index contributed by atoms with van der Waals surface area (Å²) in [5, 5.41) is 18.5. The Bertz CT molecular complexity index is 1600. The number of phenolic OH excluding ortho intramolecular Hbond substituents is 1. The van der Waals surface area contributed by atoms with E-state index in [0.717, 1.165) is 12.1 Å². The van der Waals surface area contributed by atoms with Crippen LogP contribution < -0.4 is 5.73 Å². The second-order valence-corrected chi connectivity index (χ2v) is 11.4. The van der Waals surface area contributed by atoms with Crippen LogP contribution in [0.25, 0.3) is 10.8 Å². The van der Waals surface area contributed by atoms with Gasteiger partial charge in [0.1, 0.15) is 11.4 Å². The Morgan fingerprint density at radius 1 is 0.853 bits per heavy atom. The summed E-state index contributed by atoms with van der Waals surface area (Å²) in [6.07, 6.45) is 0. The number of rotatable bonds is 8. The molecule has 13 nitrogen and oxygen atoms in total. The van der Waals surface area contributed by atoms with Gasteiger partial charge in [0, 0.05) is 6.07 Å². The number of azo groups is 1. The van der Waals surface area contributed by atoms with E-state index in [1.807, 2.05) is 0 Å². The minimum Gasteiger partial charge on any atom is -0.507 e. The number of hydrogen-bond acceptors (Lipinski definition) is 11. The van der Waals surface area contributed by atoms with E-state index < -0.39 is 53.4 Å². The number of fused-ring (bicyclic) bond motifs is 1. The summed E-state index contributed by atoms with van der Waals surface area (Å²) in [7, 11) is -13.3. The zero-order valence-corrected chi connectivity index (χ0v) is 19.4. The first-order chi connectivity index (χ1) is 15.7. The highest BCUT2D eigenvalue weighted by atomic mass is 32.3. The van der Waals surface area contributed by atoms with Crippen molar-refractivity contribution in [2.75, 3.05) is 18.1 Å². The third kappa shape index (κ3) is 6.04. The molecule has 0 radical (unpaired) electrons.